The maximum atomic E-state index is 12.2. The molecule has 5 N–H and O–H groups in total. The molecule has 1 fully saturated rings. The van der Waals surface area contributed by atoms with Crippen LogP contribution in [0.1, 0.15) is 38.6 Å². The minimum atomic E-state index is -0.696. The van der Waals surface area contributed by atoms with Crippen LogP contribution in [-0.2, 0) is 4.79 Å². The Kier molecular flexibility index (Phi) is 5.76. The standard InChI is InChI=1S/C14H24N6O2/c1-2-3-4-11(17-14(15)22)13(21)18-12-6-8-20(19-12)10-5-7-16-9-10/h6,8,10-11,16H,2-5,7,9H2,1H3,(H3,15,17,22)(H,18,19,21)/t10-,11-/m1/s1. The highest BCUT2D eigenvalue weighted by Gasteiger charge is 2.21. The molecule has 2 rings (SSSR count). The summed E-state index contributed by atoms with van der Waals surface area (Å²) >= 11 is 0. The lowest BCUT2D eigenvalue weighted by atomic mass is 10.1. The van der Waals surface area contributed by atoms with Crippen molar-refractivity contribution < 1.29 is 9.59 Å². The fraction of sp³-hybridized carbons (Fsp3) is 0.643. The van der Waals surface area contributed by atoms with Gasteiger partial charge in [0.1, 0.15) is 6.04 Å². The van der Waals surface area contributed by atoms with Crippen LogP contribution < -0.4 is 21.7 Å². The van der Waals surface area contributed by atoms with Crippen molar-refractivity contribution >= 4 is 17.8 Å². The lowest BCUT2D eigenvalue weighted by Gasteiger charge is -2.16. The van der Waals surface area contributed by atoms with Gasteiger partial charge in [-0.15, -0.1) is 0 Å². The molecule has 1 aliphatic rings. The highest BCUT2D eigenvalue weighted by atomic mass is 16.2. The van der Waals surface area contributed by atoms with Gasteiger partial charge in [0, 0.05) is 18.8 Å². The zero-order chi connectivity index (χ0) is 15.9. The topological polar surface area (TPSA) is 114 Å². The van der Waals surface area contributed by atoms with E-state index < -0.39 is 12.1 Å². The van der Waals surface area contributed by atoms with E-state index in [-0.39, 0.29) is 5.91 Å². The van der Waals surface area contributed by atoms with Crippen LogP contribution in [-0.4, -0.2) is 40.9 Å². The van der Waals surface area contributed by atoms with Gasteiger partial charge in [0.15, 0.2) is 5.82 Å². The number of carbonyl (C=O) groups excluding carboxylic acids is 2. The molecule has 0 spiro atoms. The summed E-state index contributed by atoms with van der Waals surface area (Å²) in [5, 5.41) is 12.9. The van der Waals surface area contributed by atoms with Crippen molar-refractivity contribution in [3.63, 3.8) is 0 Å². The van der Waals surface area contributed by atoms with E-state index in [1.54, 1.807) is 6.07 Å². The maximum absolute atomic E-state index is 12.2. The molecule has 122 valence electrons. The average Bonchev–Trinajstić information content (AvgIpc) is 3.13. The molecule has 1 aliphatic heterocycles. The number of carbonyl (C=O) groups is 2. The molecule has 0 unspecified atom stereocenters. The summed E-state index contributed by atoms with van der Waals surface area (Å²) in [5.41, 5.74) is 5.13. The molecule has 0 aromatic carbocycles. The molecular formula is C14H24N6O2. The van der Waals surface area contributed by atoms with Crippen molar-refractivity contribution in [2.75, 3.05) is 18.4 Å². The van der Waals surface area contributed by atoms with Crippen molar-refractivity contribution in [1.29, 1.82) is 0 Å². The third kappa shape index (κ3) is 4.45. The second kappa shape index (κ2) is 7.79. The predicted octanol–water partition coefficient (Wildman–Crippen LogP) is 0.583. The lowest BCUT2D eigenvalue weighted by molar-refractivity contribution is -0.118. The number of nitrogens with zero attached hydrogens (tertiary/aromatic N) is 2. The fourth-order valence-corrected chi connectivity index (χ4v) is 2.54. The van der Waals surface area contributed by atoms with Gasteiger partial charge in [-0.05, 0) is 19.4 Å². The SMILES string of the molecule is CCCC[C@@H](NC(N)=O)C(=O)Nc1ccn([C@@H]2CCNC2)n1. The zero-order valence-corrected chi connectivity index (χ0v) is 12.8. The number of hydrogen-bond donors (Lipinski definition) is 4. The van der Waals surface area contributed by atoms with Crippen molar-refractivity contribution in [1.82, 2.24) is 20.4 Å². The van der Waals surface area contributed by atoms with Crippen LogP contribution in [0, 0.1) is 0 Å². The van der Waals surface area contributed by atoms with Crippen LogP contribution in [0.15, 0.2) is 12.3 Å². The summed E-state index contributed by atoms with van der Waals surface area (Å²) in [4.78, 5) is 23.3. The van der Waals surface area contributed by atoms with E-state index in [1.807, 2.05) is 17.8 Å². The summed E-state index contributed by atoms with van der Waals surface area (Å²) in [7, 11) is 0. The quantitative estimate of drug-likeness (QED) is 0.590. The first-order chi connectivity index (χ1) is 10.6. The Labute approximate surface area is 129 Å². The number of amides is 3. The van der Waals surface area contributed by atoms with Crippen LogP contribution in [0.4, 0.5) is 10.6 Å². The molecule has 2 atom stereocenters. The highest BCUT2D eigenvalue weighted by molar-refractivity contribution is 5.96. The largest absolute Gasteiger partial charge is 0.352 e. The molecule has 8 nitrogen and oxygen atoms in total. The second-order valence-corrected chi connectivity index (χ2v) is 5.52. The number of rotatable bonds is 7. The minimum absolute atomic E-state index is 0.290. The van der Waals surface area contributed by atoms with E-state index >= 15 is 0 Å². The first-order valence-electron chi connectivity index (χ1n) is 7.73. The summed E-state index contributed by atoms with van der Waals surface area (Å²) in [6.45, 7) is 3.89. The summed E-state index contributed by atoms with van der Waals surface area (Å²) < 4.78 is 1.86. The van der Waals surface area contributed by atoms with Gasteiger partial charge in [0.2, 0.25) is 5.91 Å². The molecular weight excluding hydrogens is 284 g/mol. The Morgan fingerprint density at radius 3 is 3.05 bits per heavy atom. The fourth-order valence-electron chi connectivity index (χ4n) is 2.54. The minimum Gasteiger partial charge on any atom is -0.352 e. The molecule has 2 heterocycles. The van der Waals surface area contributed by atoms with Crippen LogP contribution in [0.3, 0.4) is 0 Å². The van der Waals surface area contributed by atoms with Gasteiger partial charge in [0.25, 0.3) is 0 Å². The Bertz CT molecular complexity index is 509. The first kappa shape index (κ1) is 16.3. The van der Waals surface area contributed by atoms with Gasteiger partial charge in [-0.25, -0.2) is 4.79 Å². The monoisotopic (exact) mass is 308 g/mol. The van der Waals surface area contributed by atoms with Gasteiger partial charge in [-0.1, -0.05) is 19.8 Å². The number of anilines is 1. The van der Waals surface area contributed by atoms with Gasteiger partial charge in [0.05, 0.1) is 6.04 Å². The average molecular weight is 308 g/mol. The maximum Gasteiger partial charge on any atom is 0.312 e. The van der Waals surface area contributed by atoms with Gasteiger partial charge in [-0.3, -0.25) is 9.48 Å². The van der Waals surface area contributed by atoms with Crippen molar-refractivity contribution in [3.05, 3.63) is 12.3 Å². The first-order valence-corrected chi connectivity index (χ1v) is 7.73. The summed E-state index contributed by atoms with van der Waals surface area (Å²) in [6.07, 6.45) is 5.21. The zero-order valence-electron chi connectivity index (χ0n) is 12.8. The van der Waals surface area contributed by atoms with Crippen LogP contribution >= 0.6 is 0 Å². The number of nitrogens with two attached hydrogens (primary N) is 1. The summed E-state index contributed by atoms with van der Waals surface area (Å²) in [5.74, 6) is 0.201. The van der Waals surface area contributed by atoms with Gasteiger partial charge < -0.3 is 21.7 Å². The van der Waals surface area contributed by atoms with E-state index in [0.29, 0.717) is 18.3 Å². The Hall–Kier alpha value is -2.09. The lowest BCUT2D eigenvalue weighted by Crippen LogP contribution is -2.46. The molecule has 0 bridgehead atoms. The van der Waals surface area contributed by atoms with E-state index in [0.717, 1.165) is 32.4 Å². The second-order valence-electron chi connectivity index (χ2n) is 5.52. The molecule has 0 saturated carbocycles. The third-order valence-corrected chi connectivity index (χ3v) is 3.75. The number of aromatic nitrogens is 2. The van der Waals surface area contributed by atoms with E-state index in [2.05, 4.69) is 21.0 Å². The third-order valence-electron chi connectivity index (χ3n) is 3.75. The van der Waals surface area contributed by atoms with E-state index in [4.69, 9.17) is 5.73 Å². The normalized spacial score (nSPS) is 18.9. The van der Waals surface area contributed by atoms with Crippen molar-refractivity contribution in [2.24, 2.45) is 5.73 Å². The van der Waals surface area contributed by atoms with Crippen molar-refractivity contribution in [3.8, 4) is 0 Å². The molecule has 0 aliphatic carbocycles. The number of urea groups is 1. The number of nitrogens with one attached hydrogen (secondary N) is 3. The Morgan fingerprint density at radius 2 is 2.41 bits per heavy atom. The smallest absolute Gasteiger partial charge is 0.312 e. The Balaban J connectivity index is 1.94. The van der Waals surface area contributed by atoms with Crippen molar-refractivity contribution in [2.45, 2.75) is 44.7 Å². The molecule has 0 radical (unpaired) electrons. The molecule has 1 saturated heterocycles. The van der Waals surface area contributed by atoms with Gasteiger partial charge in [-0.2, -0.15) is 5.10 Å². The van der Waals surface area contributed by atoms with Crippen LogP contribution in [0.25, 0.3) is 0 Å². The van der Waals surface area contributed by atoms with E-state index in [1.165, 1.54) is 0 Å². The Morgan fingerprint density at radius 1 is 1.59 bits per heavy atom. The highest BCUT2D eigenvalue weighted by Crippen LogP contribution is 2.16. The molecule has 22 heavy (non-hydrogen) atoms. The molecule has 3 amide bonds. The summed E-state index contributed by atoms with van der Waals surface area (Å²) in [6, 6.07) is 0.761. The number of hydrogen-bond acceptors (Lipinski definition) is 4. The predicted molar refractivity (Wildman–Crippen MR) is 83.4 cm³/mol. The van der Waals surface area contributed by atoms with Gasteiger partial charge >= 0.3 is 6.03 Å². The van der Waals surface area contributed by atoms with E-state index in [9.17, 15) is 9.59 Å². The van der Waals surface area contributed by atoms with Crippen LogP contribution in [0.2, 0.25) is 0 Å². The molecule has 8 heteroatoms. The number of unbranched alkanes of at least 4 members (excludes halogenated alkanes) is 1. The molecule has 1 aromatic heterocycles. The van der Waals surface area contributed by atoms with Crippen LogP contribution in [0.5, 0.6) is 0 Å². The number of primary amides is 1. The molecule has 1 aromatic rings.